The van der Waals surface area contributed by atoms with Crippen molar-refractivity contribution >= 4 is 11.4 Å². The molecule has 0 saturated heterocycles. The fraction of sp³-hybridized carbons (Fsp3) is 0.167. The largest absolute Gasteiger partial charge is 0.352 e. The maximum absolute atomic E-state index is 9.02. The van der Waals surface area contributed by atoms with Crippen molar-refractivity contribution in [1.29, 1.82) is 5.26 Å². The van der Waals surface area contributed by atoms with Gasteiger partial charge >= 0.3 is 0 Å². The van der Waals surface area contributed by atoms with Crippen molar-refractivity contribution in [2.45, 2.75) is 6.92 Å². The molecule has 0 atom stereocenters. The second kappa shape index (κ2) is 4.07. The van der Waals surface area contributed by atoms with E-state index in [0.717, 1.165) is 16.9 Å². The molecule has 2 rings (SSSR count). The van der Waals surface area contributed by atoms with Crippen molar-refractivity contribution in [3.8, 4) is 6.07 Å². The van der Waals surface area contributed by atoms with E-state index in [2.05, 4.69) is 16.5 Å². The first-order valence-electron chi connectivity index (χ1n) is 4.95. The van der Waals surface area contributed by atoms with Crippen LogP contribution in [-0.2, 0) is 7.05 Å². The summed E-state index contributed by atoms with van der Waals surface area (Å²) in [7, 11) is 1.85. The van der Waals surface area contributed by atoms with Gasteiger partial charge in [0, 0.05) is 13.2 Å². The van der Waals surface area contributed by atoms with E-state index in [1.165, 1.54) is 0 Å². The molecule has 80 valence electrons. The van der Waals surface area contributed by atoms with E-state index < -0.39 is 0 Å². The van der Waals surface area contributed by atoms with Gasteiger partial charge in [-0.15, -0.1) is 0 Å². The van der Waals surface area contributed by atoms with Crippen molar-refractivity contribution in [3.05, 3.63) is 41.7 Å². The molecule has 0 bridgehead atoms. The topological polar surface area (TPSA) is 53.6 Å². The monoisotopic (exact) mass is 212 g/mol. The lowest BCUT2D eigenvalue weighted by Gasteiger charge is -2.06. The van der Waals surface area contributed by atoms with Crippen molar-refractivity contribution in [2.24, 2.45) is 7.05 Å². The number of nitrogens with one attached hydrogen (secondary N) is 1. The van der Waals surface area contributed by atoms with Crippen LogP contribution in [0.1, 0.15) is 11.1 Å². The Hall–Kier alpha value is -2.28. The van der Waals surface area contributed by atoms with Crippen molar-refractivity contribution < 1.29 is 0 Å². The molecular formula is C12H12N4. The average Bonchev–Trinajstić information content (AvgIpc) is 2.67. The lowest BCUT2D eigenvalue weighted by atomic mass is 10.1. The number of anilines is 2. The Kier molecular flexibility index (Phi) is 2.61. The molecule has 4 nitrogen and oxygen atoms in total. The maximum atomic E-state index is 9.02. The third-order valence-electron chi connectivity index (χ3n) is 2.28. The lowest BCUT2D eigenvalue weighted by molar-refractivity contribution is 0.768. The van der Waals surface area contributed by atoms with E-state index in [-0.39, 0.29) is 0 Å². The third kappa shape index (κ3) is 2.04. The summed E-state index contributed by atoms with van der Waals surface area (Å²) in [5, 5.41) is 16.2. The molecule has 1 N–H and O–H groups in total. The summed E-state index contributed by atoms with van der Waals surface area (Å²) in [6.07, 6.45) is 3.59. The zero-order valence-corrected chi connectivity index (χ0v) is 9.23. The summed E-state index contributed by atoms with van der Waals surface area (Å²) in [6.45, 7) is 1.97. The van der Waals surface area contributed by atoms with Gasteiger partial charge in [-0.1, -0.05) is 6.07 Å². The quantitative estimate of drug-likeness (QED) is 0.831. The Bertz CT molecular complexity index is 548. The first-order chi connectivity index (χ1) is 7.69. The van der Waals surface area contributed by atoms with Crippen LogP contribution in [0, 0.1) is 18.3 Å². The van der Waals surface area contributed by atoms with Gasteiger partial charge in [-0.2, -0.15) is 10.4 Å². The zero-order valence-electron chi connectivity index (χ0n) is 9.23. The number of aryl methyl sites for hydroxylation is 2. The normalized spacial score (nSPS) is 9.81. The van der Waals surface area contributed by atoms with E-state index in [9.17, 15) is 0 Å². The minimum Gasteiger partial charge on any atom is -0.352 e. The van der Waals surface area contributed by atoms with Gasteiger partial charge in [0.25, 0.3) is 0 Å². The smallest absolute Gasteiger partial charge is 0.101 e. The summed E-state index contributed by atoms with van der Waals surface area (Å²) in [5.41, 5.74) is 3.40. The summed E-state index contributed by atoms with van der Waals surface area (Å²) in [6, 6.07) is 7.91. The molecule has 0 saturated carbocycles. The number of hydrogen-bond donors (Lipinski definition) is 1. The molecule has 0 radical (unpaired) electrons. The molecule has 1 heterocycles. The minimum absolute atomic E-state index is 0.642. The first-order valence-corrected chi connectivity index (χ1v) is 4.95. The van der Waals surface area contributed by atoms with Crippen LogP contribution in [0.15, 0.2) is 30.6 Å². The SMILES string of the molecule is Cc1ccc(Nc2cnn(C)c2)c(C#N)c1. The molecule has 0 aliphatic heterocycles. The molecule has 16 heavy (non-hydrogen) atoms. The van der Waals surface area contributed by atoms with Gasteiger partial charge in [0.1, 0.15) is 6.07 Å². The van der Waals surface area contributed by atoms with Gasteiger partial charge in [-0.05, 0) is 24.6 Å². The van der Waals surface area contributed by atoms with Crippen LogP contribution in [0.4, 0.5) is 11.4 Å². The number of nitrogens with zero attached hydrogens (tertiary/aromatic N) is 3. The van der Waals surface area contributed by atoms with Gasteiger partial charge < -0.3 is 5.32 Å². The minimum atomic E-state index is 0.642. The summed E-state index contributed by atoms with van der Waals surface area (Å²) in [5.74, 6) is 0. The van der Waals surface area contributed by atoms with Gasteiger partial charge in [0.15, 0.2) is 0 Å². The zero-order chi connectivity index (χ0) is 11.5. The van der Waals surface area contributed by atoms with Crippen LogP contribution < -0.4 is 5.32 Å². The molecule has 1 aromatic carbocycles. The molecule has 4 heteroatoms. The predicted octanol–water partition coefficient (Wildman–Crippen LogP) is 2.34. The van der Waals surface area contributed by atoms with Gasteiger partial charge in [0.2, 0.25) is 0 Å². The summed E-state index contributed by atoms with van der Waals surface area (Å²) in [4.78, 5) is 0. The summed E-state index contributed by atoms with van der Waals surface area (Å²) >= 11 is 0. The Morgan fingerprint density at radius 2 is 2.25 bits per heavy atom. The van der Waals surface area contributed by atoms with Crippen LogP contribution in [0.3, 0.4) is 0 Å². The molecule has 0 unspecified atom stereocenters. The molecule has 0 fully saturated rings. The van der Waals surface area contributed by atoms with Gasteiger partial charge in [-0.25, -0.2) is 0 Å². The van der Waals surface area contributed by atoms with Crippen LogP contribution >= 0.6 is 0 Å². The highest BCUT2D eigenvalue weighted by Crippen LogP contribution is 2.20. The highest BCUT2D eigenvalue weighted by molar-refractivity contribution is 5.66. The van der Waals surface area contributed by atoms with E-state index in [1.807, 2.05) is 38.4 Å². The molecule has 0 aliphatic carbocycles. The Balaban J connectivity index is 2.31. The number of benzene rings is 1. The van der Waals surface area contributed by atoms with Gasteiger partial charge in [-0.3, -0.25) is 4.68 Å². The molecule has 0 aliphatic rings. The highest BCUT2D eigenvalue weighted by Gasteiger charge is 2.03. The molecule has 0 spiro atoms. The Labute approximate surface area is 94.1 Å². The van der Waals surface area contributed by atoms with Crippen molar-refractivity contribution in [2.75, 3.05) is 5.32 Å². The van der Waals surface area contributed by atoms with Crippen LogP contribution in [0.2, 0.25) is 0 Å². The second-order valence-electron chi connectivity index (χ2n) is 3.69. The van der Waals surface area contributed by atoms with E-state index in [0.29, 0.717) is 5.56 Å². The number of aromatic nitrogens is 2. The second-order valence-corrected chi connectivity index (χ2v) is 3.69. The van der Waals surface area contributed by atoms with Gasteiger partial charge in [0.05, 0.1) is 23.1 Å². The molecule has 1 aromatic heterocycles. The van der Waals surface area contributed by atoms with E-state index in [4.69, 9.17) is 5.26 Å². The van der Waals surface area contributed by atoms with Crippen molar-refractivity contribution in [1.82, 2.24) is 9.78 Å². The average molecular weight is 212 g/mol. The fourth-order valence-electron chi connectivity index (χ4n) is 1.50. The van der Waals surface area contributed by atoms with Crippen LogP contribution in [0.5, 0.6) is 0 Å². The van der Waals surface area contributed by atoms with Crippen molar-refractivity contribution in [3.63, 3.8) is 0 Å². The lowest BCUT2D eigenvalue weighted by Crippen LogP contribution is -1.93. The number of rotatable bonds is 2. The number of hydrogen-bond acceptors (Lipinski definition) is 3. The Morgan fingerprint density at radius 3 is 2.88 bits per heavy atom. The van der Waals surface area contributed by atoms with E-state index in [1.54, 1.807) is 10.9 Å². The Morgan fingerprint density at radius 1 is 1.44 bits per heavy atom. The maximum Gasteiger partial charge on any atom is 0.101 e. The fourth-order valence-corrected chi connectivity index (χ4v) is 1.50. The number of nitriles is 1. The third-order valence-corrected chi connectivity index (χ3v) is 2.28. The van der Waals surface area contributed by atoms with Crippen LogP contribution in [-0.4, -0.2) is 9.78 Å². The molecule has 2 aromatic rings. The van der Waals surface area contributed by atoms with Crippen LogP contribution in [0.25, 0.3) is 0 Å². The van der Waals surface area contributed by atoms with E-state index >= 15 is 0 Å². The molecular weight excluding hydrogens is 200 g/mol. The summed E-state index contributed by atoms with van der Waals surface area (Å²) < 4.78 is 1.71. The highest BCUT2D eigenvalue weighted by atomic mass is 15.3. The molecule has 0 amide bonds. The first kappa shape index (κ1) is 10.2. The standard InChI is InChI=1S/C12H12N4/c1-9-3-4-12(10(5-9)6-13)15-11-7-14-16(2)8-11/h3-5,7-8,15H,1-2H3. The predicted molar refractivity (Wildman–Crippen MR) is 62.4 cm³/mol.